The SMILES string of the molecule is CCCCCCCCCCCCCCCC(=O)Nc1ccc(NC(=O)C(Cc2cccc(OC)c2OC)C(=O)O)cc1. The van der Waals surface area contributed by atoms with Crippen LogP contribution in [0.15, 0.2) is 42.5 Å². The van der Waals surface area contributed by atoms with Gasteiger partial charge in [-0.05, 0) is 48.7 Å². The van der Waals surface area contributed by atoms with Crippen LogP contribution in [0, 0.1) is 5.92 Å². The third kappa shape index (κ3) is 13.0. The average Bonchev–Trinajstić information content (AvgIpc) is 2.98. The van der Waals surface area contributed by atoms with E-state index in [9.17, 15) is 19.5 Å². The molecule has 0 fully saturated rings. The molecular weight excluding hydrogens is 532 g/mol. The van der Waals surface area contributed by atoms with Crippen molar-refractivity contribution in [2.24, 2.45) is 5.92 Å². The van der Waals surface area contributed by atoms with Crippen LogP contribution < -0.4 is 20.1 Å². The number of hydrogen-bond acceptors (Lipinski definition) is 5. The number of nitrogens with one attached hydrogen (secondary N) is 2. The number of carbonyl (C=O) groups excluding carboxylic acids is 2. The normalized spacial score (nSPS) is 11.5. The summed E-state index contributed by atoms with van der Waals surface area (Å²) < 4.78 is 10.6. The smallest absolute Gasteiger partial charge is 0.316 e. The number of ether oxygens (including phenoxy) is 2. The highest BCUT2D eigenvalue weighted by atomic mass is 16.5. The summed E-state index contributed by atoms with van der Waals surface area (Å²) >= 11 is 0. The van der Waals surface area contributed by atoms with Crippen molar-refractivity contribution in [3.05, 3.63) is 48.0 Å². The molecule has 0 saturated carbocycles. The molecular formula is C34H50N2O6. The van der Waals surface area contributed by atoms with E-state index in [4.69, 9.17) is 9.47 Å². The third-order valence-electron chi connectivity index (χ3n) is 7.47. The molecule has 0 heterocycles. The number of amides is 2. The number of anilines is 2. The van der Waals surface area contributed by atoms with Gasteiger partial charge in [0, 0.05) is 17.8 Å². The molecule has 0 saturated heterocycles. The van der Waals surface area contributed by atoms with Gasteiger partial charge in [0.1, 0.15) is 5.92 Å². The van der Waals surface area contributed by atoms with Crippen LogP contribution in [0.5, 0.6) is 11.5 Å². The second-order valence-corrected chi connectivity index (χ2v) is 10.9. The van der Waals surface area contributed by atoms with E-state index in [-0.39, 0.29) is 12.3 Å². The lowest BCUT2D eigenvalue weighted by molar-refractivity contribution is -0.145. The average molecular weight is 583 g/mol. The first kappa shape index (κ1) is 34.7. The van der Waals surface area contributed by atoms with E-state index in [0.717, 1.165) is 12.8 Å². The van der Waals surface area contributed by atoms with E-state index in [0.29, 0.717) is 34.9 Å². The first-order valence-corrected chi connectivity index (χ1v) is 15.5. The Hall–Kier alpha value is -3.55. The zero-order valence-corrected chi connectivity index (χ0v) is 25.7. The number of hydrogen-bond donors (Lipinski definition) is 3. The number of carbonyl (C=O) groups is 3. The third-order valence-corrected chi connectivity index (χ3v) is 7.47. The Kier molecular flexibility index (Phi) is 16.8. The van der Waals surface area contributed by atoms with Gasteiger partial charge in [0.05, 0.1) is 14.2 Å². The van der Waals surface area contributed by atoms with Crippen molar-refractivity contribution < 1.29 is 29.0 Å². The molecule has 0 aliphatic rings. The molecule has 0 spiro atoms. The van der Waals surface area contributed by atoms with Gasteiger partial charge in [-0.25, -0.2) is 0 Å². The first-order valence-electron chi connectivity index (χ1n) is 15.5. The summed E-state index contributed by atoms with van der Waals surface area (Å²) in [5, 5.41) is 15.3. The summed E-state index contributed by atoms with van der Waals surface area (Å²) in [5.41, 5.74) is 1.63. The van der Waals surface area contributed by atoms with E-state index in [1.807, 2.05) is 0 Å². The van der Waals surface area contributed by atoms with Crippen molar-refractivity contribution in [1.82, 2.24) is 0 Å². The minimum atomic E-state index is -1.33. The first-order chi connectivity index (χ1) is 20.4. The molecule has 0 bridgehead atoms. The summed E-state index contributed by atoms with van der Waals surface area (Å²) in [6.45, 7) is 2.25. The number of carboxylic acid groups (broad SMARTS) is 1. The van der Waals surface area contributed by atoms with Crippen molar-refractivity contribution in [1.29, 1.82) is 0 Å². The van der Waals surface area contributed by atoms with Crippen LogP contribution in [-0.4, -0.2) is 37.1 Å². The monoisotopic (exact) mass is 582 g/mol. The number of carboxylic acids is 1. The number of aliphatic carboxylic acids is 1. The lowest BCUT2D eigenvalue weighted by Crippen LogP contribution is -2.31. The summed E-state index contributed by atoms with van der Waals surface area (Å²) in [5.74, 6) is -2.39. The maximum atomic E-state index is 12.8. The molecule has 0 aliphatic carbocycles. The van der Waals surface area contributed by atoms with Gasteiger partial charge >= 0.3 is 5.97 Å². The standard InChI is InChI=1S/C34H50N2O6/c1-4-5-6-7-8-9-10-11-12-13-14-15-16-20-31(37)35-27-21-23-28(24-22-27)36-33(38)29(34(39)40)25-26-18-17-19-30(41-2)32(26)42-3/h17-19,21-24,29H,4-16,20,25H2,1-3H3,(H,35,37)(H,36,38)(H,39,40). The second-order valence-electron chi connectivity index (χ2n) is 10.9. The Morgan fingerprint density at radius 1 is 0.714 bits per heavy atom. The molecule has 0 aromatic heterocycles. The van der Waals surface area contributed by atoms with E-state index < -0.39 is 17.8 Å². The van der Waals surface area contributed by atoms with Crippen LogP contribution in [0.1, 0.15) is 102 Å². The van der Waals surface area contributed by atoms with Gasteiger partial charge < -0.3 is 25.2 Å². The van der Waals surface area contributed by atoms with Gasteiger partial charge in [-0.1, -0.05) is 96.1 Å². The Labute approximate surface area is 251 Å². The van der Waals surface area contributed by atoms with E-state index >= 15 is 0 Å². The fourth-order valence-electron chi connectivity index (χ4n) is 5.02. The molecule has 232 valence electrons. The van der Waals surface area contributed by atoms with Crippen LogP contribution in [0.3, 0.4) is 0 Å². The summed E-state index contributed by atoms with van der Waals surface area (Å²) in [7, 11) is 2.96. The number of methoxy groups -OCH3 is 2. The zero-order valence-electron chi connectivity index (χ0n) is 25.7. The van der Waals surface area contributed by atoms with E-state index in [1.165, 1.54) is 84.8 Å². The van der Waals surface area contributed by atoms with Gasteiger partial charge in [0.15, 0.2) is 11.5 Å². The molecule has 8 nitrogen and oxygen atoms in total. The highest BCUT2D eigenvalue weighted by Crippen LogP contribution is 2.32. The molecule has 3 N–H and O–H groups in total. The van der Waals surface area contributed by atoms with Crippen molar-refractivity contribution in [2.45, 2.75) is 103 Å². The van der Waals surface area contributed by atoms with Crippen molar-refractivity contribution in [2.75, 3.05) is 24.9 Å². The lowest BCUT2D eigenvalue weighted by Gasteiger charge is -2.16. The Morgan fingerprint density at radius 2 is 1.24 bits per heavy atom. The maximum Gasteiger partial charge on any atom is 0.316 e. The molecule has 2 rings (SSSR count). The number of benzene rings is 2. The van der Waals surface area contributed by atoms with Crippen molar-refractivity contribution in [3.8, 4) is 11.5 Å². The highest BCUT2D eigenvalue weighted by molar-refractivity contribution is 6.04. The lowest BCUT2D eigenvalue weighted by atomic mass is 9.97. The van der Waals surface area contributed by atoms with Gasteiger partial charge in [0.25, 0.3) is 0 Å². The minimum Gasteiger partial charge on any atom is -0.493 e. The minimum absolute atomic E-state index is 0.0342. The fourth-order valence-corrected chi connectivity index (χ4v) is 5.02. The summed E-state index contributed by atoms with van der Waals surface area (Å²) in [6.07, 6.45) is 16.9. The topological polar surface area (TPSA) is 114 Å². The predicted molar refractivity (Wildman–Crippen MR) is 168 cm³/mol. The fraction of sp³-hybridized carbons (Fsp3) is 0.559. The van der Waals surface area contributed by atoms with Gasteiger partial charge in [-0.15, -0.1) is 0 Å². The molecule has 2 aromatic carbocycles. The quantitative estimate of drug-likeness (QED) is 0.0957. The second kappa shape index (κ2) is 20.3. The summed E-state index contributed by atoms with van der Waals surface area (Å²) in [6, 6.07) is 11.8. The van der Waals surface area contributed by atoms with Crippen molar-refractivity contribution >= 4 is 29.2 Å². The van der Waals surface area contributed by atoms with Crippen molar-refractivity contribution in [3.63, 3.8) is 0 Å². The Morgan fingerprint density at radius 3 is 1.74 bits per heavy atom. The molecule has 1 unspecified atom stereocenters. The van der Waals surface area contributed by atoms with Crippen LogP contribution in [0.2, 0.25) is 0 Å². The Bertz CT molecular complexity index is 1090. The Balaban J connectivity index is 1.69. The van der Waals surface area contributed by atoms with E-state index in [2.05, 4.69) is 17.6 Å². The summed E-state index contributed by atoms with van der Waals surface area (Å²) in [4.78, 5) is 37.1. The highest BCUT2D eigenvalue weighted by Gasteiger charge is 2.28. The molecule has 42 heavy (non-hydrogen) atoms. The van der Waals surface area contributed by atoms with Gasteiger partial charge in [-0.2, -0.15) is 0 Å². The molecule has 8 heteroatoms. The van der Waals surface area contributed by atoms with Gasteiger partial charge in [-0.3, -0.25) is 14.4 Å². The largest absolute Gasteiger partial charge is 0.493 e. The number of rotatable bonds is 22. The molecule has 0 aliphatic heterocycles. The molecule has 2 aromatic rings. The number of para-hydroxylation sites is 1. The molecule has 1 atom stereocenters. The van der Waals surface area contributed by atoms with Gasteiger partial charge in [0.2, 0.25) is 11.8 Å². The molecule has 2 amide bonds. The van der Waals surface area contributed by atoms with Crippen LogP contribution >= 0.6 is 0 Å². The van der Waals surface area contributed by atoms with Crippen LogP contribution in [0.25, 0.3) is 0 Å². The number of unbranched alkanes of at least 4 members (excludes halogenated alkanes) is 12. The molecule has 0 radical (unpaired) electrons. The predicted octanol–water partition coefficient (Wildman–Crippen LogP) is 8.01. The maximum absolute atomic E-state index is 12.8. The van der Waals surface area contributed by atoms with Crippen LogP contribution in [-0.2, 0) is 20.8 Å². The van der Waals surface area contributed by atoms with E-state index in [1.54, 1.807) is 42.5 Å². The van der Waals surface area contributed by atoms with Crippen LogP contribution in [0.4, 0.5) is 11.4 Å². The zero-order chi connectivity index (χ0) is 30.6.